The van der Waals surface area contributed by atoms with Crippen LogP contribution in [0, 0.1) is 29.1 Å². The second-order valence-electron chi connectivity index (χ2n) is 10.9. The van der Waals surface area contributed by atoms with E-state index in [0.717, 1.165) is 25.7 Å². The average Bonchev–Trinajstić information content (AvgIpc) is 3.30. The summed E-state index contributed by atoms with van der Waals surface area (Å²) in [5, 5.41) is 0. The van der Waals surface area contributed by atoms with Crippen LogP contribution in [-0.2, 0) is 23.8 Å². The summed E-state index contributed by atoms with van der Waals surface area (Å²) in [6.07, 6.45) is 3.39. The van der Waals surface area contributed by atoms with Gasteiger partial charge in [0.15, 0.2) is 0 Å². The molecule has 0 N–H and O–H groups in total. The molecule has 2 fully saturated rings. The van der Waals surface area contributed by atoms with Gasteiger partial charge in [-0.05, 0) is 58.4 Å². The Kier molecular flexibility index (Phi) is 10.2. The number of esters is 1. The Balaban J connectivity index is 2.12. The minimum Gasteiger partial charge on any atom is -0.465 e. The van der Waals surface area contributed by atoms with Crippen molar-refractivity contribution in [3.05, 3.63) is 15.8 Å². The van der Waals surface area contributed by atoms with E-state index in [-0.39, 0.29) is 34.6 Å². The Morgan fingerprint density at radius 2 is 1.81 bits per heavy atom. The molecule has 0 spiro atoms. The lowest BCUT2D eigenvalue weighted by Gasteiger charge is -2.38. The van der Waals surface area contributed by atoms with E-state index in [1.165, 1.54) is 30.5 Å². The van der Waals surface area contributed by atoms with E-state index in [0.29, 0.717) is 42.8 Å². The van der Waals surface area contributed by atoms with E-state index in [4.69, 9.17) is 14.2 Å². The molecule has 0 unspecified atom stereocenters. The number of ether oxygens (including phenoxy) is 3. The Hall–Kier alpha value is -2.41. The lowest BCUT2D eigenvalue weighted by Crippen LogP contribution is -2.57. The maximum atomic E-state index is 14.2. The highest BCUT2D eigenvalue weighted by atomic mass is 32.1. The summed E-state index contributed by atoms with van der Waals surface area (Å²) in [6, 6.07) is 0.824. The zero-order valence-corrected chi connectivity index (χ0v) is 23.7. The highest BCUT2D eigenvalue weighted by Crippen LogP contribution is 2.37. The van der Waals surface area contributed by atoms with E-state index in [2.05, 4.69) is 18.8 Å². The molecule has 0 radical (unpaired) electrons. The van der Waals surface area contributed by atoms with Crippen molar-refractivity contribution in [3.63, 3.8) is 0 Å². The molecule has 1 aromatic heterocycles. The van der Waals surface area contributed by atoms with Crippen molar-refractivity contribution in [2.45, 2.75) is 59.4 Å². The van der Waals surface area contributed by atoms with Crippen LogP contribution in [0.3, 0.4) is 0 Å². The minimum atomic E-state index is -0.920. The number of morpholine rings is 1. The minimum absolute atomic E-state index is 0.00448. The molecule has 204 valence electrons. The first-order valence-corrected chi connectivity index (χ1v) is 13.8. The monoisotopic (exact) mass is 532 g/mol. The Morgan fingerprint density at radius 3 is 2.38 bits per heavy atom. The molecule has 1 aliphatic heterocycles. The van der Waals surface area contributed by atoms with E-state index < -0.39 is 12.0 Å². The third-order valence-electron chi connectivity index (χ3n) is 6.75. The van der Waals surface area contributed by atoms with E-state index in [1.54, 1.807) is 11.0 Å². The number of hydrogen-bond donors (Lipinski definition) is 0. The lowest BCUT2D eigenvalue weighted by molar-refractivity contribution is -0.140. The van der Waals surface area contributed by atoms with Crippen LogP contribution in [0.4, 0.5) is 5.69 Å². The first kappa shape index (κ1) is 29.2. The molecular weight excluding hydrogens is 492 g/mol. The van der Waals surface area contributed by atoms with Crippen molar-refractivity contribution in [2.24, 2.45) is 17.3 Å². The van der Waals surface area contributed by atoms with Crippen molar-refractivity contribution < 1.29 is 28.6 Å². The largest absolute Gasteiger partial charge is 0.465 e. The SMILES string of the molecule is COC[C@@H](C(=O)N1CCOCC1)N(C(=O)C1CCC(C)CC1)c1cc(C#CC(C)(C)C)sc1C(=O)OC. The molecule has 1 aromatic rings. The molecule has 0 bridgehead atoms. The predicted molar refractivity (Wildman–Crippen MR) is 144 cm³/mol. The van der Waals surface area contributed by atoms with Crippen LogP contribution in [-0.4, -0.2) is 75.9 Å². The molecular formula is C28H40N2O6S. The molecule has 2 amide bonds. The maximum absolute atomic E-state index is 14.2. The van der Waals surface area contributed by atoms with E-state index >= 15 is 0 Å². The summed E-state index contributed by atoms with van der Waals surface area (Å²) in [7, 11) is 2.83. The Morgan fingerprint density at radius 1 is 1.16 bits per heavy atom. The lowest BCUT2D eigenvalue weighted by atomic mass is 9.82. The van der Waals surface area contributed by atoms with Crippen LogP contribution < -0.4 is 4.90 Å². The van der Waals surface area contributed by atoms with Gasteiger partial charge in [0.2, 0.25) is 11.8 Å². The summed E-state index contributed by atoms with van der Waals surface area (Å²) in [5.74, 6) is 5.73. The maximum Gasteiger partial charge on any atom is 0.350 e. The molecule has 1 aliphatic carbocycles. The van der Waals surface area contributed by atoms with Gasteiger partial charge in [0, 0.05) is 31.5 Å². The molecule has 2 aliphatic rings. The van der Waals surface area contributed by atoms with Crippen LogP contribution in [0.25, 0.3) is 0 Å². The van der Waals surface area contributed by atoms with Crippen molar-refractivity contribution >= 4 is 34.8 Å². The number of carbonyl (C=O) groups excluding carboxylic acids is 3. The van der Waals surface area contributed by atoms with Gasteiger partial charge in [-0.3, -0.25) is 14.5 Å². The van der Waals surface area contributed by atoms with Crippen LogP contribution in [0.15, 0.2) is 6.07 Å². The summed E-state index contributed by atoms with van der Waals surface area (Å²) >= 11 is 1.18. The van der Waals surface area contributed by atoms with Crippen molar-refractivity contribution in [2.75, 3.05) is 52.0 Å². The van der Waals surface area contributed by atoms with E-state index in [1.807, 2.05) is 20.8 Å². The van der Waals surface area contributed by atoms with Crippen LogP contribution >= 0.6 is 11.3 Å². The third kappa shape index (κ3) is 7.56. The molecule has 9 heteroatoms. The van der Waals surface area contributed by atoms with E-state index in [9.17, 15) is 14.4 Å². The number of methoxy groups -OCH3 is 2. The first-order chi connectivity index (χ1) is 17.6. The normalized spacial score (nSPS) is 21.0. The fourth-order valence-electron chi connectivity index (χ4n) is 4.66. The summed E-state index contributed by atoms with van der Waals surface area (Å²) < 4.78 is 16.0. The van der Waals surface area contributed by atoms with Gasteiger partial charge in [0.05, 0.1) is 37.5 Å². The number of hydrogen-bond acceptors (Lipinski definition) is 7. The quantitative estimate of drug-likeness (QED) is 0.390. The predicted octanol–water partition coefficient (Wildman–Crippen LogP) is 3.97. The Bertz CT molecular complexity index is 1020. The molecule has 1 saturated carbocycles. The van der Waals surface area contributed by atoms with Crippen molar-refractivity contribution in [1.29, 1.82) is 0 Å². The number of nitrogens with zero attached hydrogens (tertiary/aromatic N) is 2. The van der Waals surface area contributed by atoms with Crippen LogP contribution in [0.2, 0.25) is 0 Å². The summed E-state index contributed by atoms with van der Waals surface area (Å²) in [5.41, 5.74) is 0.122. The van der Waals surface area contributed by atoms with Gasteiger partial charge in [-0.1, -0.05) is 18.8 Å². The number of anilines is 1. The standard InChI is InChI=1S/C28H40N2O6S/c1-19-7-9-20(10-8-19)25(31)30(23(18-34-5)26(32)29-13-15-36-16-14-29)22-17-21(11-12-28(2,3)4)37-24(22)27(33)35-6/h17,19-20,23H,7-10,13-16,18H2,1-6H3/t19?,20?,23-/m0/s1. The third-order valence-corrected chi connectivity index (χ3v) is 7.77. The van der Waals surface area contributed by atoms with Gasteiger partial charge < -0.3 is 19.1 Å². The van der Waals surface area contributed by atoms with Gasteiger partial charge in [0.25, 0.3) is 0 Å². The van der Waals surface area contributed by atoms with Crippen LogP contribution in [0.1, 0.15) is 67.9 Å². The molecule has 0 aromatic carbocycles. The zero-order chi connectivity index (χ0) is 27.2. The fourth-order valence-corrected chi connectivity index (χ4v) is 5.58. The van der Waals surface area contributed by atoms with Gasteiger partial charge in [0.1, 0.15) is 10.9 Å². The van der Waals surface area contributed by atoms with Crippen LogP contribution in [0.5, 0.6) is 0 Å². The summed E-state index contributed by atoms with van der Waals surface area (Å²) in [4.78, 5) is 45.0. The van der Waals surface area contributed by atoms with Gasteiger partial charge >= 0.3 is 5.97 Å². The molecule has 1 atom stereocenters. The first-order valence-electron chi connectivity index (χ1n) is 13.0. The van der Waals surface area contributed by atoms with Crippen molar-refractivity contribution in [3.8, 4) is 11.8 Å². The Labute approximate surface area is 224 Å². The number of rotatable bonds is 7. The second kappa shape index (κ2) is 12.9. The van der Waals surface area contributed by atoms with Gasteiger partial charge in [-0.2, -0.15) is 0 Å². The molecule has 1 saturated heterocycles. The average molecular weight is 533 g/mol. The number of carbonyl (C=O) groups is 3. The van der Waals surface area contributed by atoms with Gasteiger partial charge in [-0.25, -0.2) is 4.79 Å². The highest BCUT2D eigenvalue weighted by Gasteiger charge is 2.40. The molecule has 37 heavy (non-hydrogen) atoms. The highest BCUT2D eigenvalue weighted by molar-refractivity contribution is 7.15. The van der Waals surface area contributed by atoms with Crippen molar-refractivity contribution in [1.82, 2.24) is 4.90 Å². The molecule has 8 nitrogen and oxygen atoms in total. The number of amides is 2. The number of thiophene rings is 1. The second-order valence-corrected chi connectivity index (χ2v) is 11.9. The zero-order valence-electron chi connectivity index (χ0n) is 22.9. The molecule has 2 heterocycles. The topological polar surface area (TPSA) is 85.4 Å². The van der Waals surface area contributed by atoms with Gasteiger partial charge in [-0.15, -0.1) is 11.3 Å². The fraction of sp³-hybridized carbons (Fsp3) is 0.679. The summed E-state index contributed by atoms with van der Waals surface area (Å²) in [6.45, 7) is 9.99. The molecule has 3 rings (SSSR count). The smallest absolute Gasteiger partial charge is 0.350 e.